The van der Waals surface area contributed by atoms with Gasteiger partial charge < -0.3 is 5.11 Å². The van der Waals surface area contributed by atoms with E-state index in [1.54, 1.807) is 0 Å². The van der Waals surface area contributed by atoms with E-state index in [0.717, 1.165) is 12.8 Å². The zero-order valence-electron chi connectivity index (χ0n) is 5.15. The predicted octanol–water partition coefficient (Wildman–Crippen LogP) is 1.56. The van der Waals surface area contributed by atoms with Crippen LogP contribution in [0.2, 0.25) is 0 Å². The molecule has 1 N–H and O–H groups in total. The first-order valence-corrected chi connectivity index (χ1v) is 2.99. The Morgan fingerprint density at radius 2 is 1.57 bits per heavy atom. The van der Waals surface area contributed by atoms with Gasteiger partial charge in [0.15, 0.2) is 0 Å². The molecule has 7 heavy (non-hydrogen) atoms. The van der Waals surface area contributed by atoms with Gasteiger partial charge in [-0.3, -0.25) is 0 Å². The molecule has 0 heterocycles. The molecule has 1 nitrogen and oxygen atoms in total. The van der Waals surface area contributed by atoms with Crippen molar-refractivity contribution < 1.29 is 5.11 Å². The zero-order valence-corrected chi connectivity index (χ0v) is 5.15. The van der Waals surface area contributed by atoms with E-state index in [2.05, 4.69) is 13.8 Å². The number of hydrogen-bond acceptors (Lipinski definition) is 1. The van der Waals surface area contributed by atoms with E-state index in [4.69, 9.17) is 5.11 Å². The third-order valence-corrected chi connectivity index (χ3v) is 0.547. The summed E-state index contributed by atoms with van der Waals surface area (Å²) < 4.78 is 0. The van der Waals surface area contributed by atoms with Crippen LogP contribution in [0.1, 0.15) is 33.1 Å². The van der Waals surface area contributed by atoms with E-state index in [9.17, 15) is 0 Å². The largest absolute Gasteiger partial charge is 0.393 e. The van der Waals surface area contributed by atoms with Crippen LogP contribution in [-0.4, -0.2) is 11.2 Å². The molecule has 1 saturated carbocycles. The minimum Gasteiger partial charge on any atom is -0.393 e. The van der Waals surface area contributed by atoms with E-state index in [1.807, 2.05) is 0 Å². The van der Waals surface area contributed by atoms with Crippen LogP contribution in [0.3, 0.4) is 0 Å². The minimum atomic E-state index is 0.0833. The highest BCUT2D eigenvalue weighted by molar-refractivity contribution is 4.68. The number of aliphatic hydroxyl groups is 1. The maximum Gasteiger partial charge on any atom is 0.0542 e. The Morgan fingerprint density at radius 1 is 1.43 bits per heavy atom. The van der Waals surface area contributed by atoms with Gasteiger partial charge in [-0.2, -0.15) is 0 Å². The molecule has 0 unspecified atom stereocenters. The second-order valence-electron chi connectivity index (χ2n) is 1.94. The number of aliphatic hydroxyl groups excluding tert-OH is 1. The van der Waals surface area contributed by atoms with Crippen molar-refractivity contribution in [3.05, 3.63) is 0 Å². The van der Waals surface area contributed by atoms with Crippen LogP contribution in [0.15, 0.2) is 0 Å². The van der Waals surface area contributed by atoms with Crippen molar-refractivity contribution in [2.45, 2.75) is 39.2 Å². The molecule has 1 aliphatic carbocycles. The van der Waals surface area contributed by atoms with E-state index in [1.165, 1.54) is 6.42 Å². The first-order chi connectivity index (χ1) is 3.31. The summed E-state index contributed by atoms with van der Waals surface area (Å²) >= 11 is 0. The first-order valence-electron chi connectivity index (χ1n) is 2.99. The Bertz CT molecular complexity index is 31.2. The lowest BCUT2D eigenvalue weighted by Crippen LogP contribution is -1.65. The van der Waals surface area contributed by atoms with E-state index in [0.29, 0.717) is 0 Å². The van der Waals surface area contributed by atoms with Crippen molar-refractivity contribution in [3.8, 4) is 0 Å². The van der Waals surface area contributed by atoms with E-state index in [-0.39, 0.29) is 6.10 Å². The average Bonchev–Trinajstić information content (AvgIpc) is 2.25. The molecule has 0 atom stereocenters. The van der Waals surface area contributed by atoms with Gasteiger partial charge in [0.05, 0.1) is 6.10 Å². The van der Waals surface area contributed by atoms with Crippen LogP contribution in [0.4, 0.5) is 0 Å². The van der Waals surface area contributed by atoms with Crippen LogP contribution in [0.25, 0.3) is 0 Å². The highest BCUT2D eigenvalue weighted by Gasteiger charge is 2.15. The van der Waals surface area contributed by atoms with Gasteiger partial charge in [0, 0.05) is 0 Å². The van der Waals surface area contributed by atoms with Gasteiger partial charge in [-0.1, -0.05) is 20.3 Å². The first kappa shape index (κ1) is 6.96. The summed E-state index contributed by atoms with van der Waals surface area (Å²) in [5, 5.41) is 8.17. The Labute approximate surface area is 45.4 Å². The van der Waals surface area contributed by atoms with Crippen molar-refractivity contribution in [1.29, 1.82) is 0 Å². The van der Waals surface area contributed by atoms with Gasteiger partial charge in [-0.05, 0) is 12.8 Å². The topological polar surface area (TPSA) is 20.2 Å². The van der Waals surface area contributed by atoms with Gasteiger partial charge >= 0.3 is 0 Å². The molecular weight excluding hydrogens is 88.1 g/mol. The molecule has 1 aliphatic rings. The Kier molecular flexibility index (Phi) is 4.10. The maximum atomic E-state index is 8.17. The van der Waals surface area contributed by atoms with E-state index < -0.39 is 0 Å². The molecule has 0 aromatic heterocycles. The molecule has 0 aromatic rings. The quantitative estimate of drug-likeness (QED) is 0.492. The summed E-state index contributed by atoms with van der Waals surface area (Å²) in [6.45, 7) is 4.25. The van der Waals surface area contributed by atoms with Crippen molar-refractivity contribution in [1.82, 2.24) is 0 Å². The van der Waals surface area contributed by atoms with Crippen LogP contribution >= 0.6 is 0 Å². The molecule has 0 radical (unpaired) electrons. The van der Waals surface area contributed by atoms with Crippen molar-refractivity contribution in [2.75, 3.05) is 0 Å². The second-order valence-corrected chi connectivity index (χ2v) is 1.94. The molecule has 0 aromatic carbocycles. The van der Waals surface area contributed by atoms with E-state index >= 15 is 0 Å². The van der Waals surface area contributed by atoms with Crippen LogP contribution in [0, 0.1) is 0 Å². The van der Waals surface area contributed by atoms with Crippen molar-refractivity contribution in [2.24, 2.45) is 0 Å². The smallest absolute Gasteiger partial charge is 0.0542 e. The molecule has 0 bridgehead atoms. The third kappa shape index (κ3) is 10.7. The molecule has 44 valence electrons. The highest BCUT2D eigenvalue weighted by atomic mass is 16.3. The van der Waals surface area contributed by atoms with Gasteiger partial charge in [-0.25, -0.2) is 0 Å². The van der Waals surface area contributed by atoms with Gasteiger partial charge in [-0.15, -0.1) is 0 Å². The fourth-order valence-electron chi connectivity index (χ4n) is 0.0745. The molecule has 0 saturated heterocycles. The summed E-state index contributed by atoms with van der Waals surface area (Å²) in [7, 11) is 0. The molecule has 0 aliphatic heterocycles. The highest BCUT2D eigenvalue weighted by Crippen LogP contribution is 2.16. The summed E-state index contributed by atoms with van der Waals surface area (Å²) in [6.07, 6.45) is 3.42. The molecule has 1 fully saturated rings. The van der Waals surface area contributed by atoms with Crippen molar-refractivity contribution >= 4 is 0 Å². The standard InChI is InChI=1S/C3H6O.C3H8/c4-3-1-2-3;1-3-2/h3-4H,1-2H2;3H2,1-2H3. The second kappa shape index (κ2) is 4.13. The van der Waals surface area contributed by atoms with Gasteiger partial charge in [0.1, 0.15) is 0 Å². The Morgan fingerprint density at radius 3 is 1.57 bits per heavy atom. The fourth-order valence-corrected chi connectivity index (χ4v) is 0.0745. The molecular formula is C6H14O. The van der Waals surface area contributed by atoms with Gasteiger partial charge in [0.25, 0.3) is 0 Å². The van der Waals surface area contributed by atoms with Crippen LogP contribution < -0.4 is 0 Å². The lowest BCUT2D eigenvalue weighted by Gasteiger charge is -1.57. The lowest BCUT2D eigenvalue weighted by atomic mass is 10.6. The Hall–Kier alpha value is -0.0400. The molecule has 1 rings (SSSR count). The fraction of sp³-hybridized carbons (Fsp3) is 1.00. The SMILES string of the molecule is CCC.OC1CC1. The number of rotatable bonds is 0. The van der Waals surface area contributed by atoms with Crippen molar-refractivity contribution in [3.63, 3.8) is 0 Å². The molecule has 1 heteroatoms. The number of hydrogen-bond donors (Lipinski definition) is 1. The predicted molar refractivity (Wildman–Crippen MR) is 31.2 cm³/mol. The third-order valence-electron chi connectivity index (χ3n) is 0.547. The molecule has 0 amide bonds. The minimum absolute atomic E-state index is 0.0833. The summed E-state index contributed by atoms with van der Waals surface area (Å²) in [6, 6.07) is 0. The Balaban J connectivity index is 0.000000110. The average molecular weight is 102 g/mol. The zero-order chi connectivity index (χ0) is 5.70. The molecule has 0 spiro atoms. The maximum absolute atomic E-state index is 8.17. The summed E-state index contributed by atoms with van der Waals surface area (Å²) in [5.74, 6) is 0. The summed E-state index contributed by atoms with van der Waals surface area (Å²) in [5.41, 5.74) is 0. The normalized spacial score (nSPS) is 17.6. The van der Waals surface area contributed by atoms with Crippen LogP contribution in [0.5, 0.6) is 0 Å². The lowest BCUT2D eigenvalue weighted by molar-refractivity contribution is 0.279. The van der Waals surface area contributed by atoms with Gasteiger partial charge in [0.2, 0.25) is 0 Å². The monoisotopic (exact) mass is 102 g/mol. The summed E-state index contributed by atoms with van der Waals surface area (Å²) in [4.78, 5) is 0. The van der Waals surface area contributed by atoms with Crippen LogP contribution in [-0.2, 0) is 0 Å².